The lowest BCUT2D eigenvalue weighted by molar-refractivity contribution is -0.134. The summed E-state index contributed by atoms with van der Waals surface area (Å²) in [6.07, 6.45) is -0.777. The highest BCUT2D eigenvalue weighted by Gasteiger charge is 2.34. The van der Waals surface area contributed by atoms with Crippen LogP contribution in [0.3, 0.4) is 0 Å². The van der Waals surface area contributed by atoms with Crippen molar-refractivity contribution in [3.8, 4) is 11.5 Å². The summed E-state index contributed by atoms with van der Waals surface area (Å²) >= 11 is 0.631. The molecule has 0 aliphatic heterocycles. The molecule has 8 heteroatoms. The van der Waals surface area contributed by atoms with Crippen molar-refractivity contribution >= 4 is 27.4 Å². The van der Waals surface area contributed by atoms with Crippen LogP contribution in [0, 0.1) is 0 Å². The maximum atomic E-state index is 13.0. The molecule has 1 saturated carbocycles. The molecule has 0 bridgehead atoms. The van der Waals surface area contributed by atoms with E-state index < -0.39 is 11.1 Å². The maximum absolute atomic E-state index is 13.0. The molecule has 0 atom stereocenters. The second kappa shape index (κ2) is 5.16. The van der Waals surface area contributed by atoms with E-state index in [9.17, 15) is 13.2 Å². The molecule has 0 saturated heterocycles. The van der Waals surface area contributed by atoms with Gasteiger partial charge in [-0.1, -0.05) is 6.07 Å². The number of halogens is 3. The molecule has 4 nitrogen and oxygen atoms in total. The number of pyridine rings is 1. The maximum Gasteiger partial charge on any atom is 0.425 e. The quantitative estimate of drug-likeness (QED) is 0.773. The summed E-state index contributed by atoms with van der Waals surface area (Å²) in [5.41, 5.74) is 0.537. The average molecular weight is 336 g/mol. The van der Waals surface area contributed by atoms with Crippen LogP contribution < -0.4 is 5.32 Å². The Labute approximate surface area is 133 Å². The lowest BCUT2D eigenvalue weighted by Gasteiger charge is -2.07. The molecule has 118 valence electrons. The number of thiophene rings is 1. The van der Waals surface area contributed by atoms with Gasteiger partial charge in [-0.05, 0) is 31.0 Å². The standard InChI is InChI=1S/C15H11F3N4S/c16-15(17,18)11-7-9-12(20-8-4-5-8)21-13(22-14(9)23-11)10-3-1-2-6-19-10/h1-3,6-8H,4-5H2,(H,20,21,22). The minimum atomic E-state index is -4.38. The van der Waals surface area contributed by atoms with E-state index in [0.717, 1.165) is 18.9 Å². The van der Waals surface area contributed by atoms with Crippen LogP contribution in [-0.4, -0.2) is 21.0 Å². The molecular weight excluding hydrogens is 325 g/mol. The second-order valence-electron chi connectivity index (χ2n) is 5.36. The van der Waals surface area contributed by atoms with E-state index in [0.29, 0.717) is 38.9 Å². The number of fused-ring (bicyclic) bond motifs is 1. The molecule has 3 heterocycles. The molecule has 4 rings (SSSR count). The first-order valence-corrected chi connectivity index (χ1v) is 7.89. The Morgan fingerprint density at radius 2 is 2.00 bits per heavy atom. The minimum Gasteiger partial charge on any atom is -0.367 e. The Balaban J connectivity index is 1.88. The molecule has 0 unspecified atom stereocenters. The van der Waals surface area contributed by atoms with E-state index in [1.807, 2.05) is 0 Å². The molecule has 1 N–H and O–H groups in total. The fourth-order valence-corrected chi connectivity index (χ4v) is 3.10. The van der Waals surface area contributed by atoms with Crippen LogP contribution in [0.1, 0.15) is 17.7 Å². The lowest BCUT2D eigenvalue weighted by Crippen LogP contribution is -2.05. The van der Waals surface area contributed by atoms with E-state index >= 15 is 0 Å². The van der Waals surface area contributed by atoms with Crippen LogP contribution in [0.5, 0.6) is 0 Å². The van der Waals surface area contributed by atoms with Gasteiger partial charge in [0, 0.05) is 12.2 Å². The van der Waals surface area contributed by atoms with Crippen molar-refractivity contribution in [2.75, 3.05) is 5.32 Å². The fraction of sp³-hybridized carbons (Fsp3) is 0.267. The molecule has 0 radical (unpaired) electrons. The van der Waals surface area contributed by atoms with Gasteiger partial charge in [0.2, 0.25) is 0 Å². The predicted octanol–water partition coefficient (Wildman–Crippen LogP) is 4.35. The highest BCUT2D eigenvalue weighted by molar-refractivity contribution is 7.18. The minimum absolute atomic E-state index is 0.277. The van der Waals surface area contributed by atoms with E-state index in [4.69, 9.17) is 0 Å². The van der Waals surface area contributed by atoms with Gasteiger partial charge in [0.1, 0.15) is 21.2 Å². The lowest BCUT2D eigenvalue weighted by atomic mass is 10.3. The summed E-state index contributed by atoms with van der Waals surface area (Å²) in [4.78, 5) is 12.5. The molecule has 0 amide bonds. The predicted molar refractivity (Wildman–Crippen MR) is 82.3 cm³/mol. The smallest absolute Gasteiger partial charge is 0.367 e. The zero-order valence-corrected chi connectivity index (χ0v) is 12.6. The first kappa shape index (κ1) is 14.4. The molecule has 0 spiro atoms. The Hall–Kier alpha value is -2.22. The molecule has 1 aliphatic carbocycles. The molecular formula is C15H11F3N4S. The van der Waals surface area contributed by atoms with Gasteiger partial charge in [-0.3, -0.25) is 4.98 Å². The molecule has 1 fully saturated rings. The Morgan fingerprint density at radius 1 is 1.17 bits per heavy atom. The first-order valence-electron chi connectivity index (χ1n) is 7.07. The van der Waals surface area contributed by atoms with Crippen LogP contribution in [-0.2, 0) is 6.18 Å². The third kappa shape index (κ3) is 2.86. The van der Waals surface area contributed by atoms with Crippen LogP contribution in [0.4, 0.5) is 19.0 Å². The SMILES string of the molecule is FC(F)(F)c1cc2c(NC3CC3)nc(-c3ccccn3)nc2s1. The second-order valence-corrected chi connectivity index (χ2v) is 6.39. The van der Waals surface area contributed by atoms with Crippen LogP contribution >= 0.6 is 11.3 Å². The Kier molecular flexibility index (Phi) is 3.22. The van der Waals surface area contributed by atoms with Gasteiger partial charge < -0.3 is 5.32 Å². The summed E-state index contributed by atoms with van der Waals surface area (Å²) in [5.74, 6) is 0.779. The fourth-order valence-electron chi connectivity index (χ4n) is 2.20. The van der Waals surface area contributed by atoms with Crippen molar-refractivity contribution in [2.45, 2.75) is 25.1 Å². The van der Waals surface area contributed by atoms with Crippen LogP contribution in [0.2, 0.25) is 0 Å². The number of nitrogens with zero attached hydrogens (tertiary/aromatic N) is 3. The molecule has 3 aromatic heterocycles. The Morgan fingerprint density at radius 3 is 2.65 bits per heavy atom. The van der Waals surface area contributed by atoms with Crippen molar-refractivity contribution in [3.05, 3.63) is 35.3 Å². The number of hydrogen-bond donors (Lipinski definition) is 1. The number of alkyl halides is 3. The molecule has 23 heavy (non-hydrogen) atoms. The van der Waals surface area contributed by atoms with Crippen LogP contribution in [0.15, 0.2) is 30.5 Å². The molecule has 1 aliphatic rings. The summed E-state index contributed by atoms with van der Waals surface area (Å²) in [7, 11) is 0. The zero-order chi connectivity index (χ0) is 16.0. The highest BCUT2D eigenvalue weighted by atomic mass is 32.1. The summed E-state index contributed by atoms with van der Waals surface area (Å²) in [6, 6.07) is 6.68. The topological polar surface area (TPSA) is 50.7 Å². The van der Waals surface area contributed by atoms with Gasteiger partial charge in [-0.25, -0.2) is 9.97 Å². The largest absolute Gasteiger partial charge is 0.425 e. The van der Waals surface area contributed by atoms with E-state index in [1.54, 1.807) is 24.4 Å². The van der Waals surface area contributed by atoms with Gasteiger partial charge >= 0.3 is 6.18 Å². The number of hydrogen-bond acceptors (Lipinski definition) is 5. The molecule has 0 aromatic carbocycles. The van der Waals surface area contributed by atoms with Gasteiger partial charge in [-0.15, -0.1) is 11.3 Å². The highest BCUT2D eigenvalue weighted by Crippen LogP contribution is 2.40. The molecule has 3 aromatic rings. The number of nitrogens with one attached hydrogen (secondary N) is 1. The average Bonchev–Trinajstić information content (AvgIpc) is 3.22. The monoisotopic (exact) mass is 336 g/mol. The van der Waals surface area contributed by atoms with Crippen molar-refractivity contribution in [3.63, 3.8) is 0 Å². The van der Waals surface area contributed by atoms with Gasteiger partial charge in [0.15, 0.2) is 5.82 Å². The van der Waals surface area contributed by atoms with E-state index in [1.165, 1.54) is 0 Å². The summed E-state index contributed by atoms with van der Waals surface area (Å²) in [5, 5.41) is 3.61. The number of rotatable bonds is 3. The van der Waals surface area contributed by atoms with E-state index in [2.05, 4.69) is 20.3 Å². The number of aromatic nitrogens is 3. The first-order chi connectivity index (χ1) is 11.0. The summed E-state index contributed by atoms with van der Waals surface area (Å²) < 4.78 is 39.0. The van der Waals surface area contributed by atoms with Crippen molar-refractivity contribution in [2.24, 2.45) is 0 Å². The van der Waals surface area contributed by atoms with Gasteiger partial charge in [-0.2, -0.15) is 13.2 Å². The van der Waals surface area contributed by atoms with Crippen molar-refractivity contribution < 1.29 is 13.2 Å². The van der Waals surface area contributed by atoms with Crippen molar-refractivity contribution in [1.82, 2.24) is 15.0 Å². The third-order valence-electron chi connectivity index (χ3n) is 3.48. The third-order valence-corrected chi connectivity index (χ3v) is 4.56. The Bertz CT molecular complexity index is 856. The van der Waals surface area contributed by atoms with E-state index in [-0.39, 0.29) is 6.04 Å². The van der Waals surface area contributed by atoms with Crippen LogP contribution in [0.25, 0.3) is 21.7 Å². The normalized spacial score (nSPS) is 15.1. The zero-order valence-electron chi connectivity index (χ0n) is 11.8. The summed E-state index contributed by atoms with van der Waals surface area (Å²) in [6.45, 7) is 0. The van der Waals surface area contributed by atoms with Crippen molar-refractivity contribution in [1.29, 1.82) is 0 Å². The van der Waals surface area contributed by atoms with Gasteiger partial charge in [0.05, 0.1) is 5.39 Å². The van der Waals surface area contributed by atoms with Gasteiger partial charge in [0.25, 0.3) is 0 Å². The number of anilines is 1.